The third-order valence-corrected chi connectivity index (χ3v) is 4.14. The van der Waals surface area contributed by atoms with E-state index >= 15 is 0 Å². The van der Waals surface area contributed by atoms with E-state index in [-0.39, 0.29) is 0 Å². The second-order valence-electron chi connectivity index (χ2n) is 4.24. The molecule has 0 aromatic rings. The van der Waals surface area contributed by atoms with Gasteiger partial charge in [0.1, 0.15) is 0 Å². The standard InChI is InChI=1S/C10H21NS/c1-8(2)10-7-11(9(3)4)5-6-12-10/h8-10H,5-7H2,1-4H3/t10-/m0/s1. The lowest BCUT2D eigenvalue weighted by Crippen LogP contribution is -2.43. The van der Waals surface area contributed by atoms with Crippen molar-refractivity contribution in [2.45, 2.75) is 39.0 Å². The highest BCUT2D eigenvalue weighted by molar-refractivity contribution is 8.00. The highest BCUT2D eigenvalue weighted by Crippen LogP contribution is 2.25. The van der Waals surface area contributed by atoms with E-state index in [4.69, 9.17) is 0 Å². The molecule has 1 aliphatic rings. The van der Waals surface area contributed by atoms with Gasteiger partial charge < -0.3 is 0 Å². The summed E-state index contributed by atoms with van der Waals surface area (Å²) >= 11 is 2.15. The quantitative estimate of drug-likeness (QED) is 0.653. The largest absolute Gasteiger partial charge is 0.299 e. The molecule has 0 aliphatic carbocycles. The van der Waals surface area contributed by atoms with Crippen LogP contribution in [0, 0.1) is 5.92 Å². The summed E-state index contributed by atoms with van der Waals surface area (Å²) in [7, 11) is 0. The van der Waals surface area contributed by atoms with Gasteiger partial charge in [0.25, 0.3) is 0 Å². The summed E-state index contributed by atoms with van der Waals surface area (Å²) < 4.78 is 0. The predicted octanol–water partition coefficient (Wildman–Crippen LogP) is 2.47. The van der Waals surface area contributed by atoms with E-state index in [0.717, 1.165) is 17.2 Å². The Hall–Kier alpha value is 0.310. The molecular formula is C10H21NS. The van der Waals surface area contributed by atoms with Crippen molar-refractivity contribution in [1.82, 2.24) is 4.90 Å². The van der Waals surface area contributed by atoms with Gasteiger partial charge in [-0.3, -0.25) is 4.90 Å². The number of thioether (sulfide) groups is 1. The van der Waals surface area contributed by atoms with Crippen molar-refractivity contribution in [1.29, 1.82) is 0 Å². The van der Waals surface area contributed by atoms with Gasteiger partial charge in [-0.1, -0.05) is 13.8 Å². The van der Waals surface area contributed by atoms with Crippen LogP contribution in [0.5, 0.6) is 0 Å². The minimum Gasteiger partial charge on any atom is -0.299 e. The first-order valence-electron chi connectivity index (χ1n) is 4.97. The van der Waals surface area contributed by atoms with E-state index in [1.807, 2.05) is 0 Å². The molecule has 2 heteroatoms. The molecule has 0 N–H and O–H groups in total. The fourth-order valence-electron chi connectivity index (χ4n) is 1.57. The van der Waals surface area contributed by atoms with Crippen LogP contribution in [-0.4, -0.2) is 35.0 Å². The summed E-state index contributed by atoms with van der Waals surface area (Å²) in [5.74, 6) is 2.15. The van der Waals surface area contributed by atoms with Gasteiger partial charge in [0.05, 0.1) is 0 Å². The normalized spacial score (nSPS) is 27.0. The number of rotatable bonds is 2. The summed E-state index contributed by atoms with van der Waals surface area (Å²) in [6, 6.07) is 0.729. The Labute approximate surface area is 80.9 Å². The van der Waals surface area contributed by atoms with E-state index in [0.29, 0.717) is 0 Å². The Balaban J connectivity index is 2.40. The molecule has 1 atom stereocenters. The number of nitrogens with zero attached hydrogens (tertiary/aromatic N) is 1. The molecule has 1 nitrogen and oxygen atoms in total. The van der Waals surface area contributed by atoms with E-state index < -0.39 is 0 Å². The second kappa shape index (κ2) is 4.52. The fourth-order valence-corrected chi connectivity index (χ4v) is 2.89. The monoisotopic (exact) mass is 187 g/mol. The molecule has 0 spiro atoms. The van der Waals surface area contributed by atoms with E-state index in [9.17, 15) is 0 Å². The van der Waals surface area contributed by atoms with Gasteiger partial charge in [-0.2, -0.15) is 11.8 Å². The van der Waals surface area contributed by atoms with Gasteiger partial charge in [0, 0.05) is 30.1 Å². The van der Waals surface area contributed by atoms with Crippen LogP contribution >= 0.6 is 11.8 Å². The second-order valence-corrected chi connectivity index (χ2v) is 5.59. The third-order valence-electron chi connectivity index (χ3n) is 2.60. The molecule has 0 unspecified atom stereocenters. The third kappa shape index (κ3) is 2.67. The molecule has 1 aliphatic heterocycles. The highest BCUT2D eigenvalue weighted by atomic mass is 32.2. The lowest BCUT2D eigenvalue weighted by Gasteiger charge is -2.36. The lowest BCUT2D eigenvalue weighted by atomic mass is 10.1. The molecule has 1 heterocycles. The average molecular weight is 187 g/mol. The maximum atomic E-state index is 2.60. The van der Waals surface area contributed by atoms with Crippen molar-refractivity contribution < 1.29 is 0 Å². The number of hydrogen-bond acceptors (Lipinski definition) is 2. The molecule has 72 valence electrons. The van der Waals surface area contributed by atoms with E-state index in [2.05, 4.69) is 44.4 Å². The summed E-state index contributed by atoms with van der Waals surface area (Å²) in [5, 5.41) is 0.862. The summed E-state index contributed by atoms with van der Waals surface area (Å²) in [4.78, 5) is 2.60. The first-order valence-corrected chi connectivity index (χ1v) is 6.01. The lowest BCUT2D eigenvalue weighted by molar-refractivity contribution is 0.219. The Kier molecular flexibility index (Phi) is 3.91. The molecule has 0 radical (unpaired) electrons. The van der Waals surface area contributed by atoms with Crippen molar-refractivity contribution in [3.05, 3.63) is 0 Å². The maximum absolute atomic E-state index is 2.60. The highest BCUT2D eigenvalue weighted by Gasteiger charge is 2.23. The van der Waals surface area contributed by atoms with Gasteiger partial charge in [0.2, 0.25) is 0 Å². The van der Waals surface area contributed by atoms with Crippen LogP contribution in [0.3, 0.4) is 0 Å². The Morgan fingerprint density at radius 1 is 1.25 bits per heavy atom. The Morgan fingerprint density at radius 3 is 2.42 bits per heavy atom. The van der Waals surface area contributed by atoms with Crippen LogP contribution in [0.4, 0.5) is 0 Å². The first-order chi connectivity index (χ1) is 5.61. The molecule has 1 fully saturated rings. The van der Waals surface area contributed by atoms with Gasteiger partial charge in [-0.15, -0.1) is 0 Å². The van der Waals surface area contributed by atoms with Crippen molar-refractivity contribution in [2.24, 2.45) is 5.92 Å². The minimum absolute atomic E-state index is 0.729. The molecule has 0 saturated carbocycles. The molecular weight excluding hydrogens is 166 g/mol. The molecule has 0 aromatic heterocycles. The number of hydrogen-bond donors (Lipinski definition) is 0. The first kappa shape index (κ1) is 10.4. The van der Waals surface area contributed by atoms with Crippen molar-refractivity contribution >= 4 is 11.8 Å². The minimum atomic E-state index is 0.729. The van der Waals surface area contributed by atoms with Crippen LogP contribution in [0.2, 0.25) is 0 Å². The molecule has 0 amide bonds. The molecule has 1 rings (SSSR count). The summed E-state index contributed by atoms with van der Waals surface area (Å²) in [5.41, 5.74) is 0. The van der Waals surface area contributed by atoms with Crippen LogP contribution in [-0.2, 0) is 0 Å². The zero-order chi connectivity index (χ0) is 9.14. The van der Waals surface area contributed by atoms with Crippen LogP contribution < -0.4 is 0 Å². The summed E-state index contributed by atoms with van der Waals surface area (Å²) in [6.07, 6.45) is 0. The molecule has 1 saturated heterocycles. The van der Waals surface area contributed by atoms with Gasteiger partial charge >= 0.3 is 0 Å². The van der Waals surface area contributed by atoms with E-state index in [1.54, 1.807) is 0 Å². The Morgan fingerprint density at radius 2 is 1.92 bits per heavy atom. The van der Waals surface area contributed by atoms with Gasteiger partial charge in [-0.25, -0.2) is 0 Å². The molecule has 0 bridgehead atoms. The van der Waals surface area contributed by atoms with Gasteiger partial charge in [-0.05, 0) is 19.8 Å². The zero-order valence-corrected chi connectivity index (χ0v) is 9.53. The van der Waals surface area contributed by atoms with Crippen LogP contribution in [0.25, 0.3) is 0 Å². The predicted molar refractivity (Wildman–Crippen MR) is 57.8 cm³/mol. The van der Waals surface area contributed by atoms with Crippen LogP contribution in [0.15, 0.2) is 0 Å². The smallest absolute Gasteiger partial charge is 0.0198 e. The van der Waals surface area contributed by atoms with Gasteiger partial charge in [0.15, 0.2) is 0 Å². The van der Waals surface area contributed by atoms with Crippen molar-refractivity contribution in [3.63, 3.8) is 0 Å². The average Bonchev–Trinajstić information content (AvgIpc) is 2.04. The fraction of sp³-hybridized carbons (Fsp3) is 1.00. The topological polar surface area (TPSA) is 3.24 Å². The summed E-state index contributed by atoms with van der Waals surface area (Å²) in [6.45, 7) is 11.8. The van der Waals surface area contributed by atoms with Crippen LogP contribution in [0.1, 0.15) is 27.7 Å². The molecule has 0 aromatic carbocycles. The molecule has 12 heavy (non-hydrogen) atoms. The van der Waals surface area contributed by atoms with E-state index in [1.165, 1.54) is 18.8 Å². The zero-order valence-electron chi connectivity index (χ0n) is 8.71. The Bertz CT molecular complexity index is 120. The van der Waals surface area contributed by atoms with Crippen molar-refractivity contribution in [3.8, 4) is 0 Å². The van der Waals surface area contributed by atoms with Crippen molar-refractivity contribution in [2.75, 3.05) is 18.8 Å². The maximum Gasteiger partial charge on any atom is 0.0198 e. The SMILES string of the molecule is CC(C)[C@@H]1CN(C(C)C)CCS1.